The molecule has 0 radical (unpaired) electrons. The average Bonchev–Trinajstić information content (AvgIpc) is 2.93. The number of ether oxygens (including phenoxy) is 1. The summed E-state index contributed by atoms with van der Waals surface area (Å²) >= 11 is 0. The van der Waals surface area contributed by atoms with E-state index in [0.717, 1.165) is 45.2 Å². The summed E-state index contributed by atoms with van der Waals surface area (Å²) in [6.07, 6.45) is 4.76. The lowest BCUT2D eigenvalue weighted by Gasteiger charge is -2.13. The van der Waals surface area contributed by atoms with Crippen molar-refractivity contribution in [3.63, 3.8) is 0 Å². The second-order valence-corrected chi connectivity index (χ2v) is 4.83. The van der Waals surface area contributed by atoms with Gasteiger partial charge in [0.1, 0.15) is 0 Å². The Morgan fingerprint density at radius 2 is 2.30 bits per heavy atom. The molecule has 0 aliphatic heterocycles. The number of hydrogen-bond donors (Lipinski definition) is 2. The largest absolute Gasteiger partial charge is 0.385 e. The normalized spacial score (nSPS) is 13.2. The molecule has 1 aromatic rings. The highest BCUT2D eigenvalue weighted by atomic mass is 16.5. The molecule has 0 saturated carbocycles. The van der Waals surface area contributed by atoms with E-state index in [1.165, 1.54) is 0 Å². The summed E-state index contributed by atoms with van der Waals surface area (Å²) in [5.41, 5.74) is 0. The Kier molecular flexibility index (Phi) is 8.46. The van der Waals surface area contributed by atoms with Crippen LogP contribution in [0, 0.1) is 5.92 Å². The monoisotopic (exact) mass is 281 g/mol. The maximum Gasteiger partial charge on any atom is 0.191 e. The molecule has 1 heterocycles. The topological polar surface area (TPSA) is 63.5 Å². The predicted molar refractivity (Wildman–Crippen MR) is 81.9 cm³/mol. The summed E-state index contributed by atoms with van der Waals surface area (Å²) < 4.78 is 6.97. The minimum atomic E-state index is 0.448. The van der Waals surface area contributed by atoms with Gasteiger partial charge in [0.05, 0.1) is 0 Å². The Bertz CT molecular complexity index is 364. The summed E-state index contributed by atoms with van der Waals surface area (Å²) in [5, 5.41) is 10.8. The molecule has 0 bridgehead atoms. The van der Waals surface area contributed by atoms with Gasteiger partial charge in [0.25, 0.3) is 0 Å². The van der Waals surface area contributed by atoms with Gasteiger partial charge in [-0.1, -0.05) is 6.92 Å². The first-order valence-corrected chi connectivity index (χ1v) is 7.24. The Balaban J connectivity index is 2.32. The highest BCUT2D eigenvalue weighted by molar-refractivity contribution is 5.79. The Hall–Kier alpha value is -1.56. The van der Waals surface area contributed by atoms with Crippen LogP contribution in [0.25, 0.3) is 0 Å². The number of aromatic nitrogens is 2. The van der Waals surface area contributed by atoms with Crippen LogP contribution in [0.2, 0.25) is 0 Å². The van der Waals surface area contributed by atoms with E-state index in [9.17, 15) is 0 Å². The lowest BCUT2D eigenvalue weighted by molar-refractivity contribution is 0.195. The maximum absolute atomic E-state index is 5.03. The number of nitrogens with one attached hydrogen (secondary N) is 2. The van der Waals surface area contributed by atoms with E-state index in [1.807, 2.05) is 16.9 Å². The Morgan fingerprint density at radius 3 is 2.95 bits per heavy atom. The third-order valence-electron chi connectivity index (χ3n) is 2.78. The lowest BCUT2D eigenvalue weighted by Crippen LogP contribution is -2.38. The summed E-state index contributed by atoms with van der Waals surface area (Å²) in [6.45, 7) is 8.41. The van der Waals surface area contributed by atoms with E-state index < -0.39 is 0 Å². The van der Waals surface area contributed by atoms with Crippen LogP contribution in [-0.2, 0) is 11.3 Å². The number of methoxy groups -OCH3 is 1. The van der Waals surface area contributed by atoms with Crippen molar-refractivity contribution in [2.45, 2.75) is 26.8 Å². The van der Waals surface area contributed by atoms with Gasteiger partial charge in [-0.2, -0.15) is 5.10 Å². The van der Waals surface area contributed by atoms with Crippen LogP contribution in [0.5, 0.6) is 0 Å². The molecule has 1 aromatic heterocycles. The van der Waals surface area contributed by atoms with Crippen LogP contribution in [0.15, 0.2) is 23.5 Å². The zero-order valence-corrected chi connectivity index (χ0v) is 12.8. The molecule has 1 unspecified atom stereocenters. The molecular formula is C14H27N5O. The van der Waals surface area contributed by atoms with Gasteiger partial charge in [0, 0.05) is 52.3 Å². The van der Waals surface area contributed by atoms with Gasteiger partial charge in [0.15, 0.2) is 5.96 Å². The van der Waals surface area contributed by atoms with Gasteiger partial charge in [-0.25, -0.2) is 0 Å². The summed E-state index contributed by atoms with van der Waals surface area (Å²) in [6, 6.07) is 1.94. The lowest BCUT2D eigenvalue weighted by atomic mass is 10.2. The molecule has 0 amide bonds. The molecule has 6 heteroatoms. The van der Waals surface area contributed by atoms with E-state index in [2.05, 4.69) is 34.6 Å². The van der Waals surface area contributed by atoms with E-state index in [-0.39, 0.29) is 0 Å². The van der Waals surface area contributed by atoms with E-state index in [1.54, 1.807) is 13.3 Å². The summed E-state index contributed by atoms with van der Waals surface area (Å²) in [7, 11) is 1.72. The zero-order valence-electron chi connectivity index (χ0n) is 12.8. The van der Waals surface area contributed by atoms with E-state index in [4.69, 9.17) is 4.74 Å². The van der Waals surface area contributed by atoms with Crippen LogP contribution in [0.4, 0.5) is 0 Å². The van der Waals surface area contributed by atoms with Crippen molar-refractivity contribution in [3.05, 3.63) is 18.5 Å². The molecule has 0 saturated heterocycles. The first-order valence-electron chi connectivity index (χ1n) is 7.24. The molecule has 0 aliphatic carbocycles. The SMILES string of the molecule is CCNC(=NCC(C)Cn1cccn1)NCCCOC. The minimum absolute atomic E-state index is 0.448. The smallest absolute Gasteiger partial charge is 0.191 e. The number of aliphatic imine (C=N–C) groups is 1. The van der Waals surface area contributed by atoms with Gasteiger partial charge >= 0.3 is 0 Å². The summed E-state index contributed by atoms with van der Waals surface area (Å²) in [5.74, 6) is 1.32. The van der Waals surface area contributed by atoms with Crippen LogP contribution in [0.1, 0.15) is 20.3 Å². The fourth-order valence-electron chi connectivity index (χ4n) is 1.80. The van der Waals surface area contributed by atoms with Crippen molar-refractivity contribution in [2.75, 3.05) is 33.4 Å². The molecule has 0 spiro atoms. The molecular weight excluding hydrogens is 254 g/mol. The first-order chi connectivity index (χ1) is 9.76. The third-order valence-corrected chi connectivity index (χ3v) is 2.78. The maximum atomic E-state index is 5.03. The number of guanidine groups is 1. The van der Waals surface area contributed by atoms with Gasteiger partial charge in [-0.3, -0.25) is 9.67 Å². The number of nitrogens with zero attached hydrogens (tertiary/aromatic N) is 3. The van der Waals surface area contributed by atoms with Crippen LogP contribution < -0.4 is 10.6 Å². The second kappa shape index (κ2) is 10.3. The molecule has 2 N–H and O–H groups in total. The fourth-order valence-corrected chi connectivity index (χ4v) is 1.80. The van der Waals surface area contributed by atoms with Crippen molar-refractivity contribution < 1.29 is 4.74 Å². The van der Waals surface area contributed by atoms with E-state index in [0.29, 0.717) is 5.92 Å². The first kappa shape index (κ1) is 16.5. The minimum Gasteiger partial charge on any atom is -0.385 e. The molecule has 6 nitrogen and oxygen atoms in total. The third kappa shape index (κ3) is 7.13. The molecule has 0 aromatic carbocycles. The standard InChI is InChI=1S/C14H27N5O/c1-4-15-14(16-7-6-10-20-3)17-11-13(2)12-19-9-5-8-18-19/h5,8-9,13H,4,6-7,10-12H2,1-3H3,(H2,15,16,17). The average molecular weight is 281 g/mol. The van der Waals surface area contributed by atoms with Crippen molar-refractivity contribution in [3.8, 4) is 0 Å². The van der Waals surface area contributed by atoms with Gasteiger partial charge < -0.3 is 15.4 Å². The van der Waals surface area contributed by atoms with E-state index >= 15 is 0 Å². The predicted octanol–water partition coefficient (Wildman–Crippen LogP) is 1.11. The second-order valence-electron chi connectivity index (χ2n) is 4.83. The molecule has 0 fully saturated rings. The summed E-state index contributed by atoms with van der Waals surface area (Å²) in [4.78, 5) is 4.60. The highest BCUT2D eigenvalue weighted by Gasteiger charge is 2.04. The van der Waals surface area contributed by atoms with Crippen molar-refractivity contribution in [2.24, 2.45) is 10.9 Å². The van der Waals surface area contributed by atoms with Crippen molar-refractivity contribution in [1.82, 2.24) is 20.4 Å². The Labute approximate surface area is 121 Å². The molecule has 0 aliphatic rings. The molecule has 20 heavy (non-hydrogen) atoms. The quantitative estimate of drug-likeness (QED) is 0.404. The molecule has 1 rings (SSSR count). The van der Waals surface area contributed by atoms with Gasteiger partial charge in [-0.15, -0.1) is 0 Å². The molecule has 114 valence electrons. The number of rotatable bonds is 9. The van der Waals surface area contributed by atoms with Gasteiger partial charge in [0.2, 0.25) is 0 Å². The molecule has 1 atom stereocenters. The number of hydrogen-bond acceptors (Lipinski definition) is 3. The zero-order chi connectivity index (χ0) is 14.6. The highest BCUT2D eigenvalue weighted by Crippen LogP contribution is 2.00. The van der Waals surface area contributed by atoms with Gasteiger partial charge in [-0.05, 0) is 25.3 Å². The van der Waals surface area contributed by atoms with Crippen LogP contribution in [0.3, 0.4) is 0 Å². The fraction of sp³-hybridized carbons (Fsp3) is 0.714. The van der Waals surface area contributed by atoms with Crippen LogP contribution in [-0.4, -0.2) is 49.1 Å². The van der Waals surface area contributed by atoms with Crippen LogP contribution >= 0.6 is 0 Å². The van der Waals surface area contributed by atoms with Crippen molar-refractivity contribution >= 4 is 5.96 Å². The Morgan fingerprint density at radius 1 is 1.45 bits per heavy atom. The van der Waals surface area contributed by atoms with Crippen molar-refractivity contribution in [1.29, 1.82) is 0 Å².